The highest BCUT2D eigenvalue weighted by Gasteiger charge is 2.12. The van der Waals surface area contributed by atoms with E-state index in [1.54, 1.807) is 18.2 Å². The van der Waals surface area contributed by atoms with Gasteiger partial charge >= 0.3 is 0 Å². The molecule has 2 unspecified atom stereocenters. The largest absolute Gasteiger partial charge is 0.330 e. The summed E-state index contributed by atoms with van der Waals surface area (Å²) in [6.07, 6.45) is 0.755. The summed E-state index contributed by atoms with van der Waals surface area (Å²) in [5, 5.41) is 1.31. The summed E-state index contributed by atoms with van der Waals surface area (Å²) in [5.41, 5.74) is 6.26. The molecule has 0 aliphatic rings. The minimum absolute atomic E-state index is 0.0834. The van der Waals surface area contributed by atoms with Gasteiger partial charge in [0.05, 0.1) is 5.75 Å². The van der Waals surface area contributed by atoms with Crippen molar-refractivity contribution in [2.45, 2.75) is 24.3 Å². The second kappa shape index (κ2) is 6.60. The number of rotatable bonds is 5. The zero-order valence-electron chi connectivity index (χ0n) is 9.08. The normalized spacial score (nSPS) is 14.8. The standard InChI is InChI=1S/C11H15Cl2NOS/c1-8(4-5-14)16(15)7-9-6-10(12)2-3-11(9)13/h2-3,6,8H,4-5,7,14H2,1H3. The van der Waals surface area contributed by atoms with Crippen LogP contribution in [0, 0.1) is 0 Å². The zero-order chi connectivity index (χ0) is 12.1. The summed E-state index contributed by atoms with van der Waals surface area (Å²) in [4.78, 5) is 0. The average molecular weight is 280 g/mol. The Morgan fingerprint density at radius 2 is 2.12 bits per heavy atom. The summed E-state index contributed by atoms with van der Waals surface area (Å²) < 4.78 is 11.9. The Labute approximate surface area is 109 Å². The van der Waals surface area contributed by atoms with Crippen molar-refractivity contribution >= 4 is 34.0 Å². The maximum atomic E-state index is 11.9. The van der Waals surface area contributed by atoms with Crippen LogP contribution in [0.2, 0.25) is 10.0 Å². The number of nitrogens with two attached hydrogens (primary N) is 1. The van der Waals surface area contributed by atoms with Gasteiger partial charge in [0.2, 0.25) is 0 Å². The van der Waals surface area contributed by atoms with Crippen molar-refractivity contribution in [1.82, 2.24) is 0 Å². The predicted molar refractivity (Wildman–Crippen MR) is 71.4 cm³/mol. The molecule has 5 heteroatoms. The maximum absolute atomic E-state index is 11.9. The lowest BCUT2D eigenvalue weighted by Gasteiger charge is -2.11. The van der Waals surface area contributed by atoms with Crippen molar-refractivity contribution in [1.29, 1.82) is 0 Å². The number of benzene rings is 1. The maximum Gasteiger partial charge on any atom is 0.0503 e. The second-order valence-electron chi connectivity index (χ2n) is 3.65. The van der Waals surface area contributed by atoms with E-state index in [1.165, 1.54) is 0 Å². The van der Waals surface area contributed by atoms with Gasteiger partial charge < -0.3 is 5.73 Å². The predicted octanol–water partition coefficient (Wildman–Crippen LogP) is 2.98. The van der Waals surface area contributed by atoms with E-state index in [1.807, 2.05) is 6.92 Å². The van der Waals surface area contributed by atoms with Crippen LogP contribution in [0.25, 0.3) is 0 Å². The molecular formula is C11H15Cl2NOS. The molecule has 1 aromatic carbocycles. The van der Waals surface area contributed by atoms with E-state index in [9.17, 15) is 4.21 Å². The highest BCUT2D eigenvalue weighted by atomic mass is 35.5. The van der Waals surface area contributed by atoms with Gasteiger partial charge in [-0.2, -0.15) is 0 Å². The number of hydrogen-bond acceptors (Lipinski definition) is 2. The molecular weight excluding hydrogens is 265 g/mol. The zero-order valence-corrected chi connectivity index (χ0v) is 11.4. The highest BCUT2D eigenvalue weighted by molar-refractivity contribution is 7.84. The van der Waals surface area contributed by atoms with Crippen LogP contribution >= 0.6 is 23.2 Å². The third-order valence-electron chi connectivity index (χ3n) is 2.33. The van der Waals surface area contributed by atoms with Gasteiger partial charge in [-0.1, -0.05) is 30.1 Å². The minimum atomic E-state index is -0.957. The monoisotopic (exact) mass is 279 g/mol. The minimum Gasteiger partial charge on any atom is -0.330 e. The first-order valence-electron chi connectivity index (χ1n) is 5.05. The fourth-order valence-corrected chi connectivity index (χ4v) is 3.00. The molecule has 2 atom stereocenters. The van der Waals surface area contributed by atoms with Gasteiger partial charge in [0.25, 0.3) is 0 Å². The van der Waals surface area contributed by atoms with Gasteiger partial charge in [0, 0.05) is 26.1 Å². The van der Waals surface area contributed by atoms with Gasteiger partial charge in [-0.15, -0.1) is 0 Å². The lowest BCUT2D eigenvalue weighted by atomic mass is 10.2. The molecule has 0 amide bonds. The Morgan fingerprint density at radius 1 is 1.44 bits per heavy atom. The van der Waals surface area contributed by atoms with Crippen molar-refractivity contribution in [2.24, 2.45) is 5.73 Å². The SMILES string of the molecule is CC(CCN)S(=O)Cc1cc(Cl)ccc1Cl. The molecule has 0 saturated heterocycles. The van der Waals surface area contributed by atoms with Crippen LogP contribution in [-0.4, -0.2) is 16.0 Å². The fraction of sp³-hybridized carbons (Fsp3) is 0.455. The molecule has 0 bridgehead atoms. The Hall–Kier alpha value is -0.0900. The van der Waals surface area contributed by atoms with E-state index >= 15 is 0 Å². The van der Waals surface area contributed by atoms with Crippen LogP contribution in [0.5, 0.6) is 0 Å². The molecule has 0 aliphatic carbocycles. The van der Waals surface area contributed by atoms with E-state index in [4.69, 9.17) is 28.9 Å². The topological polar surface area (TPSA) is 43.1 Å². The van der Waals surface area contributed by atoms with Crippen molar-refractivity contribution in [3.05, 3.63) is 33.8 Å². The Kier molecular flexibility index (Phi) is 5.76. The Bertz CT molecular complexity index is 384. The first-order valence-corrected chi connectivity index (χ1v) is 7.19. The Balaban J connectivity index is 2.72. The van der Waals surface area contributed by atoms with Crippen molar-refractivity contribution in [3.8, 4) is 0 Å². The van der Waals surface area contributed by atoms with E-state index in [0.717, 1.165) is 12.0 Å². The lowest BCUT2D eigenvalue weighted by molar-refractivity contribution is 0.665. The molecule has 0 radical (unpaired) electrons. The Morgan fingerprint density at radius 3 is 2.75 bits per heavy atom. The molecule has 0 saturated carbocycles. The molecule has 1 rings (SSSR count). The van der Waals surface area contributed by atoms with Crippen LogP contribution in [-0.2, 0) is 16.6 Å². The van der Waals surface area contributed by atoms with E-state index in [0.29, 0.717) is 22.3 Å². The molecule has 16 heavy (non-hydrogen) atoms. The quantitative estimate of drug-likeness (QED) is 0.901. The first kappa shape index (κ1) is 14.0. The van der Waals surface area contributed by atoms with Crippen LogP contribution < -0.4 is 5.73 Å². The van der Waals surface area contributed by atoms with Crippen molar-refractivity contribution in [2.75, 3.05) is 6.54 Å². The first-order chi connectivity index (χ1) is 7.54. The third kappa shape index (κ3) is 4.06. The molecule has 0 heterocycles. The van der Waals surface area contributed by atoms with Crippen LogP contribution in [0.4, 0.5) is 0 Å². The molecule has 0 aromatic heterocycles. The summed E-state index contributed by atoms with van der Waals surface area (Å²) >= 11 is 11.9. The second-order valence-corrected chi connectivity index (χ2v) is 6.35. The molecule has 1 aromatic rings. The highest BCUT2D eigenvalue weighted by Crippen LogP contribution is 2.22. The molecule has 90 valence electrons. The van der Waals surface area contributed by atoms with E-state index in [2.05, 4.69) is 0 Å². The fourth-order valence-electron chi connectivity index (χ4n) is 1.32. The average Bonchev–Trinajstić information content (AvgIpc) is 2.23. The summed E-state index contributed by atoms with van der Waals surface area (Å²) in [6, 6.07) is 5.21. The summed E-state index contributed by atoms with van der Waals surface area (Å²) in [5.74, 6) is 0.431. The summed E-state index contributed by atoms with van der Waals surface area (Å²) in [7, 11) is -0.957. The van der Waals surface area contributed by atoms with Gasteiger partial charge in [-0.3, -0.25) is 4.21 Å². The molecule has 0 aliphatic heterocycles. The van der Waals surface area contributed by atoms with E-state index < -0.39 is 10.8 Å². The van der Waals surface area contributed by atoms with E-state index in [-0.39, 0.29) is 5.25 Å². The molecule has 2 N–H and O–H groups in total. The van der Waals surface area contributed by atoms with Gasteiger partial charge in [-0.05, 0) is 36.7 Å². The smallest absolute Gasteiger partial charge is 0.0503 e. The molecule has 0 fully saturated rings. The van der Waals surface area contributed by atoms with Crippen molar-refractivity contribution in [3.63, 3.8) is 0 Å². The number of halogens is 2. The van der Waals surface area contributed by atoms with Gasteiger partial charge in [0.15, 0.2) is 0 Å². The van der Waals surface area contributed by atoms with Gasteiger partial charge in [-0.25, -0.2) is 0 Å². The third-order valence-corrected chi connectivity index (χ3v) is 4.66. The van der Waals surface area contributed by atoms with Crippen LogP contribution in [0.15, 0.2) is 18.2 Å². The van der Waals surface area contributed by atoms with Crippen LogP contribution in [0.1, 0.15) is 18.9 Å². The molecule has 0 spiro atoms. The molecule has 2 nitrogen and oxygen atoms in total. The van der Waals surface area contributed by atoms with Crippen LogP contribution in [0.3, 0.4) is 0 Å². The van der Waals surface area contributed by atoms with Crippen molar-refractivity contribution < 1.29 is 4.21 Å². The number of hydrogen-bond donors (Lipinski definition) is 1. The summed E-state index contributed by atoms with van der Waals surface area (Å²) in [6.45, 7) is 2.48. The van der Waals surface area contributed by atoms with Gasteiger partial charge in [0.1, 0.15) is 0 Å². The lowest BCUT2D eigenvalue weighted by Crippen LogP contribution is -2.17.